The molecule has 0 amide bonds. The number of fused-ring (bicyclic) bond motifs is 3. The van der Waals surface area contributed by atoms with E-state index in [4.69, 9.17) is 4.74 Å². The van der Waals surface area contributed by atoms with E-state index < -0.39 is 11.7 Å². The van der Waals surface area contributed by atoms with Crippen molar-refractivity contribution in [3.8, 4) is 11.5 Å². The summed E-state index contributed by atoms with van der Waals surface area (Å²) in [6, 6.07) is 4.94. The number of phenols is 1. The molecule has 25 heavy (non-hydrogen) atoms. The van der Waals surface area contributed by atoms with E-state index in [9.17, 15) is 18.3 Å². The number of aromatic hydroxyl groups is 1. The molecule has 130 valence electrons. The summed E-state index contributed by atoms with van der Waals surface area (Å²) < 4.78 is 44.5. The van der Waals surface area contributed by atoms with Crippen molar-refractivity contribution in [2.75, 3.05) is 0 Å². The summed E-state index contributed by atoms with van der Waals surface area (Å²) >= 11 is 0. The predicted molar refractivity (Wildman–Crippen MR) is 85.6 cm³/mol. The van der Waals surface area contributed by atoms with E-state index in [1.807, 2.05) is 0 Å². The Kier molecular flexibility index (Phi) is 3.25. The summed E-state index contributed by atoms with van der Waals surface area (Å²) in [4.78, 5) is 7.39. The highest BCUT2D eigenvalue weighted by atomic mass is 19.4. The SMILES string of the molecule is C=C/C(=C\c1nc(C2C3Oc4ccc(O)cc4C32)[nH]c1C)C(F)(F)F. The van der Waals surface area contributed by atoms with Gasteiger partial charge in [-0.2, -0.15) is 13.2 Å². The number of benzene rings is 1. The van der Waals surface area contributed by atoms with Crippen LogP contribution in [-0.2, 0) is 0 Å². The van der Waals surface area contributed by atoms with Crippen LogP contribution >= 0.6 is 0 Å². The zero-order valence-electron chi connectivity index (χ0n) is 13.3. The van der Waals surface area contributed by atoms with Crippen LogP contribution in [0.15, 0.2) is 36.4 Å². The van der Waals surface area contributed by atoms with Crippen LogP contribution in [0.1, 0.15) is 34.6 Å². The summed E-state index contributed by atoms with van der Waals surface area (Å²) in [5.41, 5.74) is 0.863. The first-order valence-corrected chi connectivity index (χ1v) is 7.77. The number of ether oxygens (including phenoxy) is 1. The smallest absolute Gasteiger partial charge is 0.416 e. The number of aromatic nitrogens is 2. The van der Waals surface area contributed by atoms with Crippen LogP contribution in [0, 0.1) is 6.92 Å². The number of alkyl halides is 3. The number of nitrogens with zero attached hydrogens (tertiary/aromatic N) is 1. The molecule has 1 aliphatic carbocycles. The van der Waals surface area contributed by atoms with Gasteiger partial charge in [0, 0.05) is 17.2 Å². The van der Waals surface area contributed by atoms with Crippen molar-refractivity contribution in [3.63, 3.8) is 0 Å². The Balaban J connectivity index is 1.63. The molecule has 1 saturated carbocycles. The molecular weight excluding hydrogens is 333 g/mol. The lowest BCUT2D eigenvalue weighted by atomic mass is 10.1. The Labute approximate surface area is 141 Å². The zero-order chi connectivity index (χ0) is 17.9. The van der Waals surface area contributed by atoms with Gasteiger partial charge < -0.3 is 14.8 Å². The molecule has 2 heterocycles. The first kappa shape index (κ1) is 15.8. The minimum absolute atomic E-state index is 0.0479. The Hall–Kier alpha value is -2.70. The van der Waals surface area contributed by atoms with E-state index in [1.54, 1.807) is 25.1 Å². The third kappa shape index (κ3) is 2.50. The molecule has 7 heteroatoms. The molecule has 1 aliphatic heterocycles. The summed E-state index contributed by atoms with van der Waals surface area (Å²) in [6.45, 7) is 4.90. The summed E-state index contributed by atoms with van der Waals surface area (Å²) in [5, 5.41) is 9.64. The van der Waals surface area contributed by atoms with E-state index in [1.165, 1.54) is 0 Å². The maximum Gasteiger partial charge on any atom is 0.416 e. The topological polar surface area (TPSA) is 58.1 Å². The summed E-state index contributed by atoms with van der Waals surface area (Å²) in [6.07, 6.45) is -2.80. The lowest BCUT2D eigenvalue weighted by Crippen LogP contribution is -2.09. The molecule has 0 radical (unpaired) electrons. The maximum absolute atomic E-state index is 12.9. The number of allylic oxidation sites excluding steroid dienone is 2. The molecule has 2 aromatic rings. The minimum Gasteiger partial charge on any atom is -0.508 e. The molecule has 0 spiro atoms. The molecule has 1 aromatic carbocycles. The normalized spacial score (nSPS) is 24.5. The highest BCUT2D eigenvalue weighted by molar-refractivity contribution is 5.58. The Morgan fingerprint density at radius 3 is 2.80 bits per heavy atom. The lowest BCUT2D eigenvalue weighted by molar-refractivity contribution is -0.0872. The van der Waals surface area contributed by atoms with Gasteiger partial charge in [0.25, 0.3) is 0 Å². The van der Waals surface area contributed by atoms with Crippen LogP contribution in [0.25, 0.3) is 6.08 Å². The third-order valence-corrected chi connectivity index (χ3v) is 4.67. The van der Waals surface area contributed by atoms with Gasteiger partial charge in [0.05, 0.1) is 17.2 Å². The highest BCUT2D eigenvalue weighted by Crippen LogP contribution is 2.63. The molecule has 1 fully saturated rings. The van der Waals surface area contributed by atoms with Crippen LogP contribution in [0.4, 0.5) is 13.2 Å². The molecule has 3 atom stereocenters. The van der Waals surface area contributed by atoms with Gasteiger partial charge >= 0.3 is 6.18 Å². The molecule has 4 rings (SSSR count). The van der Waals surface area contributed by atoms with E-state index in [0.29, 0.717) is 11.5 Å². The predicted octanol–water partition coefficient (Wildman–Crippen LogP) is 4.20. The van der Waals surface area contributed by atoms with Crippen LogP contribution in [0.3, 0.4) is 0 Å². The van der Waals surface area contributed by atoms with Gasteiger partial charge in [-0.1, -0.05) is 12.7 Å². The van der Waals surface area contributed by atoms with Crippen LogP contribution in [0.5, 0.6) is 11.5 Å². The maximum atomic E-state index is 12.9. The fourth-order valence-electron chi connectivity index (χ4n) is 3.38. The molecule has 2 N–H and O–H groups in total. The van der Waals surface area contributed by atoms with Gasteiger partial charge in [-0.25, -0.2) is 4.98 Å². The fourth-order valence-corrected chi connectivity index (χ4v) is 3.38. The van der Waals surface area contributed by atoms with Gasteiger partial charge in [0.2, 0.25) is 0 Å². The second-order valence-electron chi connectivity index (χ2n) is 6.29. The molecule has 4 nitrogen and oxygen atoms in total. The Bertz CT molecular complexity index is 898. The Morgan fingerprint density at radius 1 is 1.36 bits per heavy atom. The second kappa shape index (κ2) is 5.15. The first-order chi connectivity index (χ1) is 11.8. The van der Waals surface area contributed by atoms with Gasteiger partial charge in [-0.3, -0.25) is 0 Å². The van der Waals surface area contributed by atoms with E-state index in [-0.39, 0.29) is 29.4 Å². The molecule has 3 unspecified atom stereocenters. The van der Waals surface area contributed by atoms with Crippen LogP contribution in [-0.4, -0.2) is 27.4 Å². The van der Waals surface area contributed by atoms with Crippen molar-refractivity contribution in [1.82, 2.24) is 9.97 Å². The Morgan fingerprint density at radius 2 is 2.12 bits per heavy atom. The van der Waals surface area contributed by atoms with Crippen LogP contribution in [0.2, 0.25) is 0 Å². The third-order valence-electron chi connectivity index (χ3n) is 4.67. The van der Waals surface area contributed by atoms with Crippen molar-refractivity contribution in [1.29, 1.82) is 0 Å². The summed E-state index contributed by atoms with van der Waals surface area (Å²) in [7, 11) is 0. The van der Waals surface area contributed by atoms with Crippen LogP contribution < -0.4 is 4.74 Å². The average molecular weight is 348 g/mol. The average Bonchev–Trinajstić information content (AvgIpc) is 2.93. The van der Waals surface area contributed by atoms with Crippen molar-refractivity contribution in [2.24, 2.45) is 0 Å². The second-order valence-corrected chi connectivity index (χ2v) is 6.29. The van der Waals surface area contributed by atoms with Gasteiger partial charge in [-0.15, -0.1) is 0 Å². The number of imidazole rings is 1. The van der Waals surface area contributed by atoms with E-state index in [2.05, 4.69) is 16.5 Å². The van der Waals surface area contributed by atoms with Crippen molar-refractivity contribution >= 4 is 6.08 Å². The van der Waals surface area contributed by atoms with Gasteiger partial charge in [0.1, 0.15) is 23.4 Å². The number of aromatic amines is 1. The fraction of sp³-hybridized carbons (Fsp3) is 0.278. The number of H-pyrrole nitrogens is 1. The monoisotopic (exact) mass is 348 g/mol. The first-order valence-electron chi connectivity index (χ1n) is 7.77. The van der Waals surface area contributed by atoms with Crippen molar-refractivity contribution in [2.45, 2.75) is 31.0 Å². The molecule has 1 aromatic heterocycles. The lowest BCUT2D eigenvalue weighted by Gasteiger charge is -2.07. The van der Waals surface area contributed by atoms with Gasteiger partial charge in [-0.05, 0) is 31.2 Å². The summed E-state index contributed by atoms with van der Waals surface area (Å²) in [5.74, 6) is 1.50. The minimum atomic E-state index is -4.47. The molecular formula is C18H15F3N2O2. The number of nitrogens with one attached hydrogen (secondary N) is 1. The molecule has 0 saturated heterocycles. The van der Waals surface area contributed by atoms with Crippen molar-refractivity contribution in [3.05, 3.63) is 59.2 Å². The largest absolute Gasteiger partial charge is 0.508 e. The number of aryl methyl sites for hydroxylation is 1. The van der Waals surface area contributed by atoms with E-state index in [0.717, 1.165) is 23.5 Å². The van der Waals surface area contributed by atoms with Crippen molar-refractivity contribution < 1.29 is 23.0 Å². The molecule has 2 aliphatic rings. The number of halogens is 3. The quantitative estimate of drug-likeness (QED) is 0.818. The number of hydrogen-bond donors (Lipinski definition) is 2. The standard InChI is InChI=1S/C18H15F3N2O2/c1-3-9(18(19,20)21)6-12-8(2)22-17(23-12)15-14-11-7-10(24)4-5-13(11)25-16(14)15/h3-7,14-16,24H,1H2,2H3,(H,22,23)/b9-6+. The van der Waals surface area contributed by atoms with Gasteiger partial charge in [0.15, 0.2) is 0 Å². The zero-order valence-corrected chi connectivity index (χ0v) is 13.3. The molecule has 0 bridgehead atoms. The number of hydrogen-bond acceptors (Lipinski definition) is 3. The number of rotatable bonds is 3. The number of phenolic OH excluding ortho intramolecular Hbond substituents is 1. The highest BCUT2D eigenvalue weighted by Gasteiger charge is 2.61. The van der Waals surface area contributed by atoms with E-state index >= 15 is 0 Å².